The molecule has 90 valence electrons. The largest absolute Gasteiger partial charge is 0.480 e. The number of ether oxygens (including phenoxy) is 1. The molecule has 0 aromatic rings. The highest BCUT2D eigenvalue weighted by molar-refractivity contribution is 5.85. The summed E-state index contributed by atoms with van der Waals surface area (Å²) >= 11 is 0. The predicted molar refractivity (Wildman–Crippen MR) is 60.5 cm³/mol. The number of hydrogen-bond donors (Lipinski definition) is 2. The monoisotopic (exact) mass is 237 g/mol. The highest BCUT2D eigenvalue weighted by Crippen LogP contribution is 2.21. The second-order valence-corrected chi connectivity index (χ2v) is 4.27. The molecule has 1 rings (SSSR count). The number of nitrogens with one attached hydrogen (secondary N) is 1. The molecule has 1 aliphatic heterocycles. The Kier molecular flexibility index (Phi) is 6.17. The van der Waals surface area contributed by atoms with Gasteiger partial charge >= 0.3 is 5.97 Å². The molecule has 0 amide bonds. The van der Waals surface area contributed by atoms with Crippen molar-refractivity contribution >= 4 is 18.4 Å². The Labute approximate surface area is 96.8 Å². The summed E-state index contributed by atoms with van der Waals surface area (Å²) in [4.78, 5) is 11.2. The highest BCUT2D eigenvalue weighted by atomic mass is 35.5. The van der Waals surface area contributed by atoms with E-state index in [0.29, 0.717) is 32.0 Å². The Morgan fingerprint density at radius 1 is 1.47 bits per heavy atom. The summed E-state index contributed by atoms with van der Waals surface area (Å²) in [6.45, 7) is 5.96. The van der Waals surface area contributed by atoms with Crippen molar-refractivity contribution in [2.24, 2.45) is 5.92 Å². The summed E-state index contributed by atoms with van der Waals surface area (Å²) in [6, 6.07) is 0. The van der Waals surface area contributed by atoms with Crippen molar-refractivity contribution < 1.29 is 14.6 Å². The van der Waals surface area contributed by atoms with Gasteiger partial charge in [-0.1, -0.05) is 13.8 Å². The Balaban J connectivity index is 0.00000196. The second-order valence-electron chi connectivity index (χ2n) is 4.27. The zero-order valence-corrected chi connectivity index (χ0v) is 10.1. The molecule has 15 heavy (non-hydrogen) atoms. The van der Waals surface area contributed by atoms with Crippen molar-refractivity contribution in [1.82, 2.24) is 5.32 Å². The Bertz CT molecular complexity index is 203. The predicted octanol–water partition coefficient (Wildman–Crippen LogP) is 1.29. The molecule has 4 nitrogen and oxygen atoms in total. The van der Waals surface area contributed by atoms with Crippen LogP contribution in [0.3, 0.4) is 0 Å². The molecule has 1 fully saturated rings. The van der Waals surface area contributed by atoms with Crippen LogP contribution >= 0.6 is 12.4 Å². The minimum atomic E-state index is -0.749. The first-order chi connectivity index (χ1) is 6.57. The van der Waals surface area contributed by atoms with Crippen LogP contribution in [0.1, 0.15) is 26.7 Å². The van der Waals surface area contributed by atoms with Gasteiger partial charge < -0.3 is 15.2 Å². The quantitative estimate of drug-likeness (QED) is 0.774. The Hall–Kier alpha value is -0.320. The number of aliphatic carboxylic acids is 1. The summed E-state index contributed by atoms with van der Waals surface area (Å²) in [6.07, 6.45) is 1.13. The number of carboxylic acids is 1. The van der Waals surface area contributed by atoms with Crippen LogP contribution in [0, 0.1) is 5.92 Å². The minimum Gasteiger partial charge on any atom is -0.480 e. The van der Waals surface area contributed by atoms with E-state index in [2.05, 4.69) is 19.2 Å². The fourth-order valence-electron chi connectivity index (χ4n) is 1.59. The van der Waals surface area contributed by atoms with Crippen molar-refractivity contribution in [3.63, 3.8) is 0 Å². The van der Waals surface area contributed by atoms with E-state index in [1.54, 1.807) is 0 Å². The zero-order valence-electron chi connectivity index (χ0n) is 9.28. The molecule has 0 saturated carbocycles. The van der Waals surface area contributed by atoms with E-state index >= 15 is 0 Å². The molecule has 0 bridgehead atoms. The van der Waals surface area contributed by atoms with Crippen LogP contribution in [-0.4, -0.2) is 36.4 Å². The molecule has 5 heteroatoms. The Morgan fingerprint density at radius 3 is 2.40 bits per heavy atom. The molecular formula is C10H20ClNO3. The molecule has 0 aromatic carbocycles. The fourth-order valence-corrected chi connectivity index (χ4v) is 1.59. The lowest BCUT2D eigenvalue weighted by molar-refractivity contribution is -0.149. The average molecular weight is 238 g/mol. The number of carboxylic acid groups (broad SMARTS) is 1. The van der Waals surface area contributed by atoms with E-state index in [1.165, 1.54) is 0 Å². The summed E-state index contributed by atoms with van der Waals surface area (Å²) < 4.78 is 5.18. The highest BCUT2D eigenvalue weighted by Gasteiger charge is 2.39. The minimum absolute atomic E-state index is 0. The van der Waals surface area contributed by atoms with E-state index in [0.717, 1.165) is 6.54 Å². The SMILES string of the molecule is CC(C)CNC1(C(=O)O)CCOCC1.Cl. The summed E-state index contributed by atoms with van der Waals surface area (Å²) in [5.41, 5.74) is -0.747. The van der Waals surface area contributed by atoms with E-state index in [4.69, 9.17) is 4.74 Å². The molecular weight excluding hydrogens is 218 g/mol. The van der Waals surface area contributed by atoms with Crippen LogP contribution in [0.25, 0.3) is 0 Å². The van der Waals surface area contributed by atoms with Gasteiger partial charge in [0.25, 0.3) is 0 Å². The van der Waals surface area contributed by atoms with Crippen LogP contribution in [0.5, 0.6) is 0 Å². The molecule has 1 saturated heterocycles. The lowest BCUT2D eigenvalue weighted by Crippen LogP contribution is -2.56. The third-order valence-corrected chi connectivity index (χ3v) is 2.60. The van der Waals surface area contributed by atoms with Crippen molar-refractivity contribution in [2.75, 3.05) is 19.8 Å². The number of hydrogen-bond acceptors (Lipinski definition) is 3. The first kappa shape index (κ1) is 14.7. The van der Waals surface area contributed by atoms with Gasteiger partial charge in [-0.2, -0.15) is 0 Å². The first-order valence-corrected chi connectivity index (χ1v) is 5.13. The molecule has 0 atom stereocenters. The molecule has 1 heterocycles. The third-order valence-electron chi connectivity index (χ3n) is 2.60. The molecule has 0 aromatic heterocycles. The molecule has 1 aliphatic rings. The summed E-state index contributed by atoms with van der Waals surface area (Å²) in [5, 5.41) is 12.3. The van der Waals surface area contributed by atoms with Crippen molar-refractivity contribution in [1.29, 1.82) is 0 Å². The molecule has 0 radical (unpaired) electrons. The summed E-state index contributed by atoms with van der Waals surface area (Å²) in [5.74, 6) is -0.282. The lowest BCUT2D eigenvalue weighted by Gasteiger charge is -2.34. The van der Waals surface area contributed by atoms with Gasteiger partial charge in [-0.25, -0.2) is 0 Å². The van der Waals surface area contributed by atoms with Gasteiger partial charge in [-0.3, -0.25) is 4.79 Å². The zero-order chi connectivity index (χ0) is 10.6. The van der Waals surface area contributed by atoms with E-state index in [-0.39, 0.29) is 12.4 Å². The van der Waals surface area contributed by atoms with Crippen LogP contribution in [0.15, 0.2) is 0 Å². The number of carbonyl (C=O) groups is 1. The van der Waals surface area contributed by atoms with Gasteiger partial charge in [-0.15, -0.1) is 12.4 Å². The first-order valence-electron chi connectivity index (χ1n) is 5.13. The number of rotatable bonds is 4. The van der Waals surface area contributed by atoms with Gasteiger partial charge in [0, 0.05) is 13.2 Å². The maximum absolute atomic E-state index is 11.2. The van der Waals surface area contributed by atoms with Gasteiger partial charge in [-0.05, 0) is 25.3 Å². The van der Waals surface area contributed by atoms with Gasteiger partial charge in [0.1, 0.15) is 5.54 Å². The third kappa shape index (κ3) is 3.97. The van der Waals surface area contributed by atoms with Crippen molar-refractivity contribution in [2.45, 2.75) is 32.2 Å². The standard InChI is InChI=1S/C10H19NO3.ClH/c1-8(2)7-11-10(9(12)13)3-5-14-6-4-10;/h8,11H,3-7H2,1-2H3,(H,12,13);1H. The maximum Gasteiger partial charge on any atom is 0.324 e. The van der Waals surface area contributed by atoms with Gasteiger partial charge in [0.15, 0.2) is 0 Å². The fraction of sp³-hybridized carbons (Fsp3) is 0.900. The van der Waals surface area contributed by atoms with Crippen LogP contribution in [0.2, 0.25) is 0 Å². The molecule has 0 unspecified atom stereocenters. The smallest absolute Gasteiger partial charge is 0.324 e. The molecule has 0 spiro atoms. The van der Waals surface area contributed by atoms with Crippen LogP contribution in [0.4, 0.5) is 0 Å². The van der Waals surface area contributed by atoms with Gasteiger partial charge in [0.05, 0.1) is 0 Å². The van der Waals surface area contributed by atoms with E-state index in [9.17, 15) is 9.90 Å². The van der Waals surface area contributed by atoms with E-state index < -0.39 is 11.5 Å². The van der Waals surface area contributed by atoms with E-state index in [1.807, 2.05) is 0 Å². The van der Waals surface area contributed by atoms with Crippen molar-refractivity contribution in [3.8, 4) is 0 Å². The lowest BCUT2D eigenvalue weighted by atomic mass is 9.89. The average Bonchev–Trinajstić information content (AvgIpc) is 2.16. The van der Waals surface area contributed by atoms with Crippen LogP contribution in [-0.2, 0) is 9.53 Å². The number of halogens is 1. The Morgan fingerprint density at radius 2 is 2.00 bits per heavy atom. The second kappa shape index (κ2) is 6.30. The van der Waals surface area contributed by atoms with Gasteiger partial charge in [0.2, 0.25) is 0 Å². The summed E-state index contributed by atoms with van der Waals surface area (Å²) in [7, 11) is 0. The van der Waals surface area contributed by atoms with Crippen molar-refractivity contribution in [3.05, 3.63) is 0 Å². The van der Waals surface area contributed by atoms with Crippen LogP contribution < -0.4 is 5.32 Å². The molecule has 0 aliphatic carbocycles. The maximum atomic E-state index is 11.2. The molecule has 2 N–H and O–H groups in total. The normalized spacial score (nSPS) is 19.7. The topological polar surface area (TPSA) is 58.6 Å².